The molecule has 20 heavy (non-hydrogen) atoms. The monoisotopic (exact) mass is 269 g/mol. The molecule has 0 unspecified atom stereocenters. The number of benzene rings is 2. The SMILES string of the molecule is Cc1ccc(NCCOCCCc2ccccc2)cc1. The molecule has 0 aromatic heterocycles. The third-order valence-corrected chi connectivity index (χ3v) is 3.22. The molecule has 0 atom stereocenters. The molecule has 2 heteroatoms. The van der Waals surface area contributed by atoms with E-state index >= 15 is 0 Å². The Morgan fingerprint density at radius 2 is 1.65 bits per heavy atom. The summed E-state index contributed by atoms with van der Waals surface area (Å²) in [6.07, 6.45) is 2.17. The van der Waals surface area contributed by atoms with Crippen molar-refractivity contribution in [3.63, 3.8) is 0 Å². The zero-order valence-corrected chi connectivity index (χ0v) is 12.1. The highest BCUT2D eigenvalue weighted by molar-refractivity contribution is 5.44. The van der Waals surface area contributed by atoms with Crippen LogP contribution in [0.4, 0.5) is 5.69 Å². The number of hydrogen-bond donors (Lipinski definition) is 1. The number of aryl methyl sites for hydroxylation is 2. The zero-order valence-electron chi connectivity index (χ0n) is 12.1. The number of rotatable bonds is 8. The van der Waals surface area contributed by atoms with Crippen molar-refractivity contribution in [3.8, 4) is 0 Å². The van der Waals surface area contributed by atoms with Crippen molar-refractivity contribution >= 4 is 5.69 Å². The van der Waals surface area contributed by atoms with Crippen molar-refractivity contribution in [1.29, 1.82) is 0 Å². The van der Waals surface area contributed by atoms with E-state index in [-0.39, 0.29) is 0 Å². The Kier molecular flexibility index (Phi) is 6.12. The van der Waals surface area contributed by atoms with E-state index in [1.54, 1.807) is 0 Å². The predicted octanol–water partition coefficient (Wildman–Crippen LogP) is 4.06. The van der Waals surface area contributed by atoms with Crippen LogP contribution in [0.3, 0.4) is 0 Å². The van der Waals surface area contributed by atoms with Crippen LogP contribution in [-0.4, -0.2) is 19.8 Å². The second kappa shape index (κ2) is 8.39. The van der Waals surface area contributed by atoms with Crippen molar-refractivity contribution in [2.45, 2.75) is 19.8 Å². The summed E-state index contributed by atoms with van der Waals surface area (Å²) in [7, 11) is 0. The fourth-order valence-electron chi connectivity index (χ4n) is 2.06. The van der Waals surface area contributed by atoms with Gasteiger partial charge in [0.2, 0.25) is 0 Å². The number of hydrogen-bond acceptors (Lipinski definition) is 2. The van der Waals surface area contributed by atoms with Gasteiger partial charge in [0, 0.05) is 18.8 Å². The first kappa shape index (κ1) is 14.6. The van der Waals surface area contributed by atoms with Gasteiger partial charge in [0.05, 0.1) is 6.61 Å². The van der Waals surface area contributed by atoms with Crippen LogP contribution in [0.1, 0.15) is 17.5 Å². The standard InChI is InChI=1S/C18H23NO/c1-16-9-11-18(12-10-16)19-13-15-20-14-5-8-17-6-3-2-4-7-17/h2-4,6-7,9-12,19H,5,8,13-15H2,1H3. The van der Waals surface area contributed by atoms with E-state index in [0.717, 1.165) is 38.3 Å². The second-order valence-corrected chi connectivity index (χ2v) is 4.99. The Bertz CT molecular complexity index is 479. The van der Waals surface area contributed by atoms with Gasteiger partial charge in [-0.25, -0.2) is 0 Å². The Morgan fingerprint density at radius 1 is 0.900 bits per heavy atom. The molecular formula is C18H23NO. The first-order chi connectivity index (χ1) is 9.84. The van der Waals surface area contributed by atoms with Gasteiger partial charge >= 0.3 is 0 Å². The van der Waals surface area contributed by atoms with E-state index in [2.05, 4.69) is 66.8 Å². The molecule has 0 saturated heterocycles. The van der Waals surface area contributed by atoms with E-state index in [4.69, 9.17) is 4.74 Å². The average molecular weight is 269 g/mol. The molecular weight excluding hydrogens is 246 g/mol. The molecule has 2 nitrogen and oxygen atoms in total. The molecule has 0 spiro atoms. The number of ether oxygens (including phenoxy) is 1. The summed E-state index contributed by atoms with van der Waals surface area (Å²) in [6, 6.07) is 19.0. The lowest BCUT2D eigenvalue weighted by Gasteiger charge is -2.07. The first-order valence-corrected chi connectivity index (χ1v) is 7.27. The topological polar surface area (TPSA) is 21.3 Å². The van der Waals surface area contributed by atoms with Crippen molar-refractivity contribution in [2.24, 2.45) is 0 Å². The fourth-order valence-corrected chi connectivity index (χ4v) is 2.06. The molecule has 0 heterocycles. The van der Waals surface area contributed by atoms with Crippen LogP contribution in [0.5, 0.6) is 0 Å². The maximum absolute atomic E-state index is 5.64. The molecule has 0 radical (unpaired) electrons. The van der Waals surface area contributed by atoms with Crippen molar-refractivity contribution in [2.75, 3.05) is 25.1 Å². The number of nitrogens with one attached hydrogen (secondary N) is 1. The second-order valence-electron chi connectivity index (χ2n) is 4.99. The largest absolute Gasteiger partial charge is 0.383 e. The van der Waals surface area contributed by atoms with Crippen molar-refractivity contribution in [1.82, 2.24) is 0 Å². The van der Waals surface area contributed by atoms with Crippen LogP contribution >= 0.6 is 0 Å². The maximum Gasteiger partial charge on any atom is 0.0639 e. The molecule has 106 valence electrons. The maximum atomic E-state index is 5.64. The molecule has 0 bridgehead atoms. The summed E-state index contributed by atoms with van der Waals surface area (Å²) in [4.78, 5) is 0. The van der Waals surface area contributed by atoms with Gasteiger partial charge in [-0.05, 0) is 37.5 Å². The van der Waals surface area contributed by atoms with E-state index in [1.807, 2.05) is 0 Å². The van der Waals surface area contributed by atoms with Gasteiger partial charge in [-0.15, -0.1) is 0 Å². The molecule has 0 aliphatic carbocycles. The lowest BCUT2D eigenvalue weighted by molar-refractivity contribution is 0.141. The minimum atomic E-state index is 0.753. The van der Waals surface area contributed by atoms with Crippen LogP contribution in [0.2, 0.25) is 0 Å². The molecule has 0 saturated carbocycles. The number of anilines is 1. The van der Waals surface area contributed by atoms with E-state index in [0.29, 0.717) is 0 Å². The quantitative estimate of drug-likeness (QED) is 0.730. The smallest absolute Gasteiger partial charge is 0.0639 e. The molecule has 0 aliphatic heterocycles. The van der Waals surface area contributed by atoms with Crippen LogP contribution in [-0.2, 0) is 11.2 Å². The molecule has 2 aromatic carbocycles. The highest BCUT2D eigenvalue weighted by Crippen LogP contribution is 2.07. The lowest BCUT2D eigenvalue weighted by atomic mass is 10.1. The van der Waals surface area contributed by atoms with Gasteiger partial charge in [0.15, 0.2) is 0 Å². The summed E-state index contributed by atoms with van der Waals surface area (Å²) in [5, 5.41) is 3.36. The van der Waals surface area contributed by atoms with E-state index in [9.17, 15) is 0 Å². The van der Waals surface area contributed by atoms with Crippen LogP contribution in [0.25, 0.3) is 0 Å². The molecule has 0 fully saturated rings. The van der Waals surface area contributed by atoms with Crippen molar-refractivity contribution < 1.29 is 4.74 Å². The minimum absolute atomic E-state index is 0.753. The Balaban J connectivity index is 1.51. The Morgan fingerprint density at radius 3 is 2.40 bits per heavy atom. The Hall–Kier alpha value is -1.80. The van der Waals surface area contributed by atoms with Gasteiger partial charge in [-0.3, -0.25) is 0 Å². The minimum Gasteiger partial charge on any atom is -0.383 e. The molecule has 2 rings (SSSR count). The van der Waals surface area contributed by atoms with Gasteiger partial charge in [0.1, 0.15) is 0 Å². The van der Waals surface area contributed by atoms with Crippen LogP contribution < -0.4 is 5.32 Å². The third-order valence-electron chi connectivity index (χ3n) is 3.22. The highest BCUT2D eigenvalue weighted by Gasteiger charge is 1.94. The van der Waals surface area contributed by atoms with E-state index in [1.165, 1.54) is 11.1 Å². The summed E-state index contributed by atoms with van der Waals surface area (Å²) in [6.45, 7) is 4.53. The highest BCUT2D eigenvalue weighted by atomic mass is 16.5. The van der Waals surface area contributed by atoms with Crippen molar-refractivity contribution in [3.05, 3.63) is 65.7 Å². The van der Waals surface area contributed by atoms with Gasteiger partial charge in [-0.2, -0.15) is 0 Å². The lowest BCUT2D eigenvalue weighted by Crippen LogP contribution is -2.10. The van der Waals surface area contributed by atoms with Crippen LogP contribution in [0.15, 0.2) is 54.6 Å². The molecule has 0 aliphatic rings. The van der Waals surface area contributed by atoms with Gasteiger partial charge in [0.25, 0.3) is 0 Å². The van der Waals surface area contributed by atoms with Crippen LogP contribution in [0, 0.1) is 6.92 Å². The fraction of sp³-hybridized carbons (Fsp3) is 0.333. The average Bonchev–Trinajstić information content (AvgIpc) is 2.49. The van der Waals surface area contributed by atoms with E-state index < -0.39 is 0 Å². The zero-order chi connectivity index (χ0) is 14.0. The molecule has 2 aromatic rings. The van der Waals surface area contributed by atoms with Gasteiger partial charge in [-0.1, -0.05) is 48.0 Å². The predicted molar refractivity (Wildman–Crippen MR) is 85.3 cm³/mol. The molecule has 0 amide bonds. The van der Waals surface area contributed by atoms with Gasteiger partial charge < -0.3 is 10.1 Å². The first-order valence-electron chi connectivity index (χ1n) is 7.27. The Labute approximate surface area is 121 Å². The normalized spacial score (nSPS) is 10.4. The third kappa shape index (κ3) is 5.45. The summed E-state index contributed by atoms with van der Waals surface area (Å²) < 4.78 is 5.64. The molecule has 1 N–H and O–H groups in total. The summed E-state index contributed by atoms with van der Waals surface area (Å²) >= 11 is 0. The summed E-state index contributed by atoms with van der Waals surface area (Å²) in [5.41, 5.74) is 3.82. The summed E-state index contributed by atoms with van der Waals surface area (Å²) in [5.74, 6) is 0.